The van der Waals surface area contributed by atoms with Gasteiger partial charge in [0.05, 0.1) is 18.7 Å². The fourth-order valence-corrected chi connectivity index (χ4v) is 2.38. The molecule has 0 atom stereocenters. The lowest BCUT2D eigenvalue weighted by Crippen LogP contribution is -2.63. The van der Waals surface area contributed by atoms with Gasteiger partial charge in [0, 0.05) is 17.7 Å². The first-order valence-electron chi connectivity index (χ1n) is 6.67. The van der Waals surface area contributed by atoms with Gasteiger partial charge in [-0.3, -0.25) is 14.6 Å². The minimum atomic E-state index is -0.749. The van der Waals surface area contributed by atoms with Crippen LogP contribution in [0.3, 0.4) is 0 Å². The van der Waals surface area contributed by atoms with Crippen molar-refractivity contribution >= 4 is 5.91 Å². The van der Waals surface area contributed by atoms with Crippen molar-refractivity contribution in [3.63, 3.8) is 0 Å². The van der Waals surface area contributed by atoms with Crippen LogP contribution in [0.15, 0.2) is 9.59 Å². The first kappa shape index (κ1) is 14.5. The number of rotatable bonds is 4. The number of aryl methyl sites for hydroxylation is 1. The van der Waals surface area contributed by atoms with Crippen LogP contribution in [-0.2, 0) is 11.2 Å². The Hall–Kier alpha value is -1.89. The van der Waals surface area contributed by atoms with Crippen molar-refractivity contribution in [2.24, 2.45) is 0 Å². The highest BCUT2D eigenvalue weighted by Gasteiger charge is 2.41. The summed E-state index contributed by atoms with van der Waals surface area (Å²) in [6.45, 7) is 4.22. The van der Waals surface area contributed by atoms with E-state index in [1.165, 1.54) is 0 Å². The number of hydrogen-bond donors (Lipinski definition) is 3. The van der Waals surface area contributed by atoms with E-state index in [9.17, 15) is 19.5 Å². The lowest BCUT2D eigenvalue weighted by Gasteiger charge is -2.46. The fraction of sp³-hybridized carbons (Fsp3) is 0.615. The molecule has 7 heteroatoms. The second-order valence-electron chi connectivity index (χ2n) is 5.34. The van der Waals surface area contributed by atoms with Gasteiger partial charge in [-0.2, -0.15) is 0 Å². The zero-order chi connectivity index (χ0) is 14.9. The molecule has 1 aliphatic rings. The first-order valence-corrected chi connectivity index (χ1v) is 6.67. The molecular formula is C13H19N3O4. The molecule has 110 valence electrons. The van der Waals surface area contributed by atoms with Crippen LogP contribution in [0.25, 0.3) is 0 Å². The Morgan fingerprint density at radius 3 is 2.55 bits per heavy atom. The Morgan fingerprint density at radius 1 is 1.35 bits per heavy atom. The molecule has 0 aliphatic carbocycles. The van der Waals surface area contributed by atoms with E-state index >= 15 is 0 Å². The van der Waals surface area contributed by atoms with Gasteiger partial charge < -0.3 is 15.0 Å². The number of nitrogens with zero attached hydrogens (tertiary/aromatic N) is 1. The van der Waals surface area contributed by atoms with Gasteiger partial charge in [0.1, 0.15) is 0 Å². The number of carbonyl (C=O) groups is 1. The van der Waals surface area contributed by atoms with Crippen molar-refractivity contribution in [1.29, 1.82) is 0 Å². The van der Waals surface area contributed by atoms with Crippen molar-refractivity contribution in [3.8, 4) is 0 Å². The molecule has 7 nitrogen and oxygen atoms in total. The van der Waals surface area contributed by atoms with Crippen LogP contribution in [0.1, 0.15) is 31.0 Å². The number of aliphatic hydroxyl groups is 1. The Kier molecular flexibility index (Phi) is 3.80. The molecule has 2 heterocycles. The maximum Gasteiger partial charge on any atom is 0.325 e. The largest absolute Gasteiger partial charge is 0.386 e. The van der Waals surface area contributed by atoms with Gasteiger partial charge in [-0.05, 0) is 19.8 Å². The average Bonchev–Trinajstić information content (AvgIpc) is 2.33. The number of aromatic nitrogens is 2. The van der Waals surface area contributed by atoms with Crippen LogP contribution in [0.5, 0.6) is 0 Å². The van der Waals surface area contributed by atoms with E-state index in [-0.39, 0.29) is 18.7 Å². The summed E-state index contributed by atoms with van der Waals surface area (Å²) in [5.41, 5.74) is -0.836. The standard InChI is InChI=1S/C13H19N3O4/c1-3-13(20)6-16(7-13)10(17)5-4-9-8(2)14-12(19)15-11(9)18/h20H,3-7H2,1-2H3,(H2,14,15,18,19). The highest BCUT2D eigenvalue weighted by Crippen LogP contribution is 2.24. The molecule has 1 amide bonds. The number of H-pyrrole nitrogens is 2. The van der Waals surface area contributed by atoms with E-state index in [4.69, 9.17) is 0 Å². The van der Waals surface area contributed by atoms with E-state index in [1.807, 2.05) is 6.92 Å². The van der Waals surface area contributed by atoms with Gasteiger partial charge in [-0.15, -0.1) is 0 Å². The van der Waals surface area contributed by atoms with Crippen LogP contribution in [0.2, 0.25) is 0 Å². The average molecular weight is 281 g/mol. The van der Waals surface area contributed by atoms with Crippen LogP contribution in [0.4, 0.5) is 0 Å². The molecule has 0 bridgehead atoms. The Morgan fingerprint density at radius 2 is 2.00 bits per heavy atom. The molecule has 0 saturated carbocycles. The van der Waals surface area contributed by atoms with E-state index < -0.39 is 16.9 Å². The SMILES string of the molecule is CCC1(O)CN(C(=O)CCc2c(C)[nH]c(=O)[nH]c2=O)C1. The van der Waals surface area contributed by atoms with E-state index in [1.54, 1.807) is 11.8 Å². The highest BCUT2D eigenvalue weighted by atomic mass is 16.3. The lowest BCUT2D eigenvalue weighted by molar-refractivity contribution is -0.155. The zero-order valence-corrected chi connectivity index (χ0v) is 11.7. The number of nitrogens with one attached hydrogen (secondary N) is 2. The molecule has 2 rings (SSSR count). The highest BCUT2D eigenvalue weighted by molar-refractivity contribution is 5.77. The Bertz CT molecular complexity index is 625. The molecule has 1 fully saturated rings. The number of hydrogen-bond acceptors (Lipinski definition) is 4. The zero-order valence-electron chi connectivity index (χ0n) is 11.7. The van der Waals surface area contributed by atoms with E-state index in [0.717, 1.165) is 0 Å². The Labute approximate surface area is 115 Å². The number of carbonyl (C=O) groups excluding carboxylic acids is 1. The second kappa shape index (κ2) is 5.24. The van der Waals surface area contributed by atoms with E-state index in [0.29, 0.717) is 30.8 Å². The van der Waals surface area contributed by atoms with E-state index in [2.05, 4.69) is 9.97 Å². The van der Waals surface area contributed by atoms with Crippen molar-refractivity contribution in [2.45, 2.75) is 38.7 Å². The number of likely N-dealkylation sites (tertiary alicyclic amines) is 1. The molecule has 0 spiro atoms. The third kappa shape index (κ3) is 2.82. The third-order valence-corrected chi connectivity index (χ3v) is 3.82. The van der Waals surface area contributed by atoms with Crippen molar-refractivity contribution < 1.29 is 9.90 Å². The minimum Gasteiger partial charge on any atom is -0.386 e. The number of β-amino-alcohol motifs (C(OH)–C–C–N with tert-alkyl or cyclic N) is 1. The first-order chi connectivity index (χ1) is 9.34. The summed E-state index contributed by atoms with van der Waals surface area (Å²) in [4.78, 5) is 40.9. The van der Waals surface area contributed by atoms with Gasteiger partial charge in [-0.25, -0.2) is 4.79 Å². The third-order valence-electron chi connectivity index (χ3n) is 3.82. The van der Waals surface area contributed by atoms with Gasteiger partial charge in [0.2, 0.25) is 5.91 Å². The summed E-state index contributed by atoms with van der Waals surface area (Å²) >= 11 is 0. The molecule has 0 unspecified atom stereocenters. The molecule has 1 aromatic rings. The van der Waals surface area contributed by atoms with Crippen molar-refractivity contribution in [3.05, 3.63) is 32.1 Å². The van der Waals surface area contributed by atoms with Gasteiger partial charge >= 0.3 is 5.69 Å². The molecule has 20 heavy (non-hydrogen) atoms. The molecule has 1 saturated heterocycles. The topological polar surface area (TPSA) is 106 Å². The Balaban J connectivity index is 1.96. The molecule has 0 aromatic carbocycles. The fourth-order valence-electron chi connectivity index (χ4n) is 2.38. The summed E-state index contributed by atoms with van der Waals surface area (Å²) < 4.78 is 0. The molecule has 1 aliphatic heterocycles. The van der Waals surface area contributed by atoms with Crippen LogP contribution >= 0.6 is 0 Å². The number of amides is 1. The summed E-state index contributed by atoms with van der Waals surface area (Å²) in [6, 6.07) is 0. The smallest absolute Gasteiger partial charge is 0.325 e. The van der Waals surface area contributed by atoms with Gasteiger partial charge in [0.25, 0.3) is 5.56 Å². The summed E-state index contributed by atoms with van der Waals surface area (Å²) in [7, 11) is 0. The second-order valence-corrected chi connectivity index (χ2v) is 5.34. The summed E-state index contributed by atoms with van der Waals surface area (Å²) in [6.07, 6.45) is 1.09. The van der Waals surface area contributed by atoms with Gasteiger partial charge in [0.15, 0.2) is 0 Å². The number of aromatic amines is 2. The maximum atomic E-state index is 11.9. The lowest BCUT2D eigenvalue weighted by atomic mass is 9.91. The van der Waals surface area contributed by atoms with Crippen LogP contribution < -0.4 is 11.2 Å². The normalized spacial score (nSPS) is 16.9. The molecular weight excluding hydrogens is 262 g/mol. The maximum absolute atomic E-state index is 11.9. The molecule has 1 aromatic heterocycles. The molecule has 3 N–H and O–H groups in total. The minimum absolute atomic E-state index is 0.0897. The van der Waals surface area contributed by atoms with Crippen LogP contribution in [0, 0.1) is 6.92 Å². The van der Waals surface area contributed by atoms with Crippen molar-refractivity contribution in [1.82, 2.24) is 14.9 Å². The van der Waals surface area contributed by atoms with Gasteiger partial charge in [-0.1, -0.05) is 6.92 Å². The summed E-state index contributed by atoms with van der Waals surface area (Å²) in [5.74, 6) is -0.0897. The predicted molar refractivity (Wildman–Crippen MR) is 72.6 cm³/mol. The summed E-state index contributed by atoms with van der Waals surface area (Å²) in [5, 5.41) is 9.85. The molecule has 0 radical (unpaired) electrons. The van der Waals surface area contributed by atoms with Crippen LogP contribution in [-0.4, -0.2) is 44.6 Å². The van der Waals surface area contributed by atoms with Crippen molar-refractivity contribution in [2.75, 3.05) is 13.1 Å². The quantitative estimate of drug-likeness (QED) is 0.677. The predicted octanol–water partition coefficient (Wildman–Crippen LogP) is -0.712. The monoisotopic (exact) mass is 281 g/mol.